The van der Waals surface area contributed by atoms with Crippen molar-refractivity contribution < 1.29 is 29.6 Å². The van der Waals surface area contributed by atoms with Crippen molar-refractivity contribution in [2.24, 2.45) is 0 Å². The summed E-state index contributed by atoms with van der Waals surface area (Å²) in [6, 6.07) is 7.89. The number of hydrogen-bond acceptors (Lipinski definition) is 8. The van der Waals surface area contributed by atoms with E-state index < -0.39 is 42.9 Å². The highest BCUT2D eigenvalue weighted by Crippen LogP contribution is 2.24. The molecule has 1 aromatic carbocycles. The Labute approximate surface area is 130 Å². The normalized spacial score (nSPS) is 31.2. The average Bonchev–Trinajstić information content (AvgIpc) is 2.55. The van der Waals surface area contributed by atoms with Crippen molar-refractivity contribution >= 4 is 16.7 Å². The van der Waals surface area contributed by atoms with Gasteiger partial charge in [0.15, 0.2) is 6.23 Å². The first kappa shape index (κ1) is 15.9. The van der Waals surface area contributed by atoms with Crippen molar-refractivity contribution in [3.8, 4) is 0 Å². The third kappa shape index (κ3) is 3.07. The number of nitrogens with one attached hydrogen (secondary N) is 1. The topological polar surface area (TPSA) is 132 Å². The van der Waals surface area contributed by atoms with Gasteiger partial charge in [-0.1, -0.05) is 0 Å². The molecule has 1 aromatic heterocycles. The second kappa shape index (κ2) is 6.26. The predicted octanol–water partition coefficient (Wildman–Crippen LogP) is -0.995. The Bertz CT molecular complexity index is 744. The van der Waals surface area contributed by atoms with E-state index in [2.05, 4.69) is 5.32 Å². The van der Waals surface area contributed by atoms with E-state index in [-0.39, 0.29) is 0 Å². The SMILES string of the molecule is O=c1ccc2ccc(N[C@H]3O[C@H](CO)[C@@H](O)[C@H](O)[C@H]3O)cc2o1. The van der Waals surface area contributed by atoms with Gasteiger partial charge in [-0.05, 0) is 18.2 Å². The summed E-state index contributed by atoms with van der Waals surface area (Å²) in [7, 11) is 0. The van der Waals surface area contributed by atoms with Crippen LogP contribution in [0.3, 0.4) is 0 Å². The monoisotopic (exact) mass is 323 g/mol. The number of ether oxygens (including phenoxy) is 1. The van der Waals surface area contributed by atoms with Crippen LogP contribution in [-0.2, 0) is 4.74 Å². The molecule has 0 bridgehead atoms. The highest BCUT2D eigenvalue weighted by atomic mass is 16.6. The third-order valence-electron chi connectivity index (χ3n) is 3.82. The van der Waals surface area contributed by atoms with E-state index in [9.17, 15) is 20.1 Å². The second-order valence-electron chi connectivity index (χ2n) is 5.40. The molecular weight excluding hydrogens is 306 g/mol. The van der Waals surface area contributed by atoms with Gasteiger partial charge in [-0.3, -0.25) is 0 Å². The number of aliphatic hydroxyl groups is 4. The van der Waals surface area contributed by atoms with Gasteiger partial charge in [0.05, 0.1) is 6.61 Å². The van der Waals surface area contributed by atoms with Gasteiger partial charge in [-0.15, -0.1) is 0 Å². The zero-order chi connectivity index (χ0) is 16.6. The number of hydrogen-bond donors (Lipinski definition) is 5. The van der Waals surface area contributed by atoms with Gasteiger partial charge in [0, 0.05) is 23.2 Å². The summed E-state index contributed by atoms with van der Waals surface area (Å²) in [6.07, 6.45) is -6.31. The van der Waals surface area contributed by atoms with E-state index >= 15 is 0 Å². The van der Waals surface area contributed by atoms with Crippen molar-refractivity contribution in [2.45, 2.75) is 30.6 Å². The summed E-state index contributed by atoms with van der Waals surface area (Å²) in [4.78, 5) is 11.3. The molecule has 2 heterocycles. The summed E-state index contributed by atoms with van der Waals surface area (Å²) >= 11 is 0. The molecule has 0 aliphatic carbocycles. The standard InChI is InChI=1S/C15H17NO7/c17-6-10-12(19)13(20)14(21)15(23-10)16-8-3-1-7-2-4-11(18)22-9(7)5-8/h1-5,10,12-17,19-21H,6H2/t10-,12-,13+,14-,15+/m1/s1. The van der Waals surface area contributed by atoms with Gasteiger partial charge in [-0.25, -0.2) is 4.79 Å². The minimum absolute atomic E-state index is 0.354. The van der Waals surface area contributed by atoms with Gasteiger partial charge in [0.2, 0.25) is 0 Å². The van der Waals surface area contributed by atoms with Gasteiger partial charge in [-0.2, -0.15) is 0 Å². The van der Waals surface area contributed by atoms with E-state index in [1.807, 2.05) is 0 Å². The molecular formula is C15H17NO7. The maximum Gasteiger partial charge on any atom is 0.336 e. The van der Waals surface area contributed by atoms with Crippen LogP contribution in [-0.4, -0.2) is 57.7 Å². The maximum atomic E-state index is 11.3. The highest BCUT2D eigenvalue weighted by Gasteiger charge is 2.43. The third-order valence-corrected chi connectivity index (χ3v) is 3.82. The molecule has 1 fully saturated rings. The van der Waals surface area contributed by atoms with E-state index in [1.165, 1.54) is 6.07 Å². The van der Waals surface area contributed by atoms with Crippen molar-refractivity contribution in [2.75, 3.05) is 11.9 Å². The number of rotatable bonds is 3. The van der Waals surface area contributed by atoms with Crippen LogP contribution in [0.4, 0.5) is 5.69 Å². The summed E-state index contributed by atoms with van der Waals surface area (Å²) < 4.78 is 10.4. The van der Waals surface area contributed by atoms with E-state index in [4.69, 9.17) is 14.3 Å². The molecule has 124 valence electrons. The molecule has 5 N–H and O–H groups in total. The molecule has 1 aliphatic rings. The van der Waals surface area contributed by atoms with Crippen molar-refractivity contribution in [3.63, 3.8) is 0 Å². The molecule has 23 heavy (non-hydrogen) atoms. The fraction of sp³-hybridized carbons (Fsp3) is 0.400. The first-order valence-electron chi connectivity index (χ1n) is 7.10. The Kier molecular flexibility index (Phi) is 4.33. The second-order valence-corrected chi connectivity index (χ2v) is 5.40. The number of fused-ring (bicyclic) bond motifs is 1. The Morgan fingerprint density at radius 3 is 2.52 bits per heavy atom. The molecule has 3 rings (SSSR count). The van der Waals surface area contributed by atoms with Gasteiger partial charge < -0.3 is 34.9 Å². The lowest BCUT2D eigenvalue weighted by Crippen LogP contribution is -2.60. The van der Waals surface area contributed by atoms with Crippen LogP contribution in [0.25, 0.3) is 11.0 Å². The summed E-state index contributed by atoms with van der Waals surface area (Å²) in [5.41, 5.74) is 0.353. The van der Waals surface area contributed by atoms with Crippen molar-refractivity contribution in [3.05, 3.63) is 40.8 Å². The van der Waals surface area contributed by atoms with Crippen LogP contribution < -0.4 is 10.9 Å². The zero-order valence-corrected chi connectivity index (χ0v) is 12.0. The van der Waals surface area contributed by atoms with Crippen LogP contribution in [0.15, 0.2) is 39.5 Å². The molecule has 0 unspecified atom stereocenters. The highest BCUT2D eigenvalue weighted by molar-refractivity contribution is 5.80. The molecule has 0 saturated carbocycles. The maximum absolute atomic E-state index is 11.3. The lowest BCUT2D eigenvalue weighted by molar-refractivity contribution is -0.221. The smallest absolute Gasteiger partial charge is 0.336 e. The molecule has 0 spiro atoms. The Morgan fingerprint density at radius 2 is 1.78 bits per heavy atom. The molecule has 5 atom stereocenters. The largest absolute Gasteiger partial charge is 0.423 e. The summed E-state index contributed by atoms with van der Waals surface area (Å²) in [6.45, 7) is -0.504. The van der Waals surface area contributed by atoms with Gasteiger partial charge >= 0.3 is 5.63 Å². The first-order valence-corrected chi connectivity index (χ1v) is 7.10. The number of benzene rings is 1. The molecule has 8 heteroatoms. The zero-order valence-electron chi connectivity index (χ0n) is 12.0. The van der Waals surface area contributed by atoms with E-state index in [0.717, 1.165) is 5.39 Å². The van der Waals surface area contributed by atoms with Crippen LogP contribution in [0.5, 0.6) is 0 Å². The lowest BCUT2D eigenvalue weighted by atomic mass is 9.98. The summed E-state index contributed by atoms with van der Waals surface area (Å²) in [5, 5.41) is 42.2. The lowest BCUT2D eigenvalue weighted by Gasteiger charge is -2.40. The summed E-state index contributed by atoms with van der Waals surface area (Å²) in [5.74, 6) is 0. The first-order chi connectivity index (χ1) is 11.0. The molecule has 8 nitrogen and oxygen atoms in total. The Morgan fingerprint density at radius 1 is 1.04 bits per heavy atom. The fourth-order valence-electron chi connectivity index (χ4n) is 2.54. The molecule has 0 radical (unpaired) electrons. The number of aliphatic hydroxyl groups excluding tert-OH is 4. The number of anilines is 1. The molecule has 1 aliphatic heterocycles. The minimum Gasteiger partial charge on any atom is -0.423 e. The van der Waals surface area contributed by atoms with Crippen molar-refractivity contribution in [1.29, 1.82) is 0 Å². The van der Waals surface area contributed by atoms with E-state index in [1.54, 1.807) is 24.3 Å². The molecule has 1 saturated heterocycles. The van der Waals surface area contributed by atoms with Crippen LogP contribution in [0.1, 0.15) is 0 Å². The molecule has 0 amide bonds. The Hall–Kier alpha value is -1.97. The van der Waals surface area contributed by atoms with Crippen LogP contribution in [0, 0.1) is 0 Å². The van der Waals surface area contributed by atoms with Gasteiger partial charge in [0.1, 0.15) is 30.0 Å². The van der Waals surface area contributed by atoms with Crippen LogP contribution in [0.2, 0.25) is 0 Å². The Balaban J connectivity index is 1.84. The van der Waals surface area contributed by atoms with Gasteiger partial charge in [0.25, 0.3) is 0 Å². The fourth-order valence-corrected chi connectivity index (χ4v) is 2.54. The minimum atomic E-state index is -1.46. The quantitative estimate of drug-likeness (QED) is 0.455. The van der Waals surface area contributed by atoms with Crippen molar-refractivity contribution in [1.82, 2.24) is 0 Å². The van der Waals surface area contributed by atoms with Crippen LogP contribution >= 0.6 is 0 Å². The predicted molar refractivity (Wildman–Crippen MR) is 79.9 cm³/mol. The van der Waals surface area contributed by atoms with E-state index in [0.29, 0.717) is 11.3 Å². The molecule has 2 aromatic rings. The average molecular weight is 323 g/mol.